The SMILES string of the molecule is CCOCC(OCC)OB(O)Oc1c(F)c(F)c(F)c(F)c1F. The quantitative estimate of drug-likeness (QED) is 0.245. The van der Waals surface area contributed by atoms with Crippen LogP contribution in [0.4, 0.5) is 22.0 Å². The van der Waals surface area contributed by atoms with Gasteiger partial charge in [-0.2, -0.15) is 8.78 Å². The molecule has 1 unspecified atom stereocenters. The highest BCUT2D eigenvalue weighted by Gasteiger charge is 2.32. The van der Waals surface area contributed by atoms with Crippen LogP contribution in [0.5, 0.6) is 5.75 Å². The molecule has 0 aliphatic carbocycles. The molecule has 0 saturated carbocycles. The van der Waals surface area contributed by atoms with Crippen molar-refractivity contribution < 1.29 is 45.8 Å². The zero-order valence-corrected chi connectivity index (χ0v) is 12.2. The van der Waals surface area contributed by atoms with Crippen molar-refractivity contribution in [2.24, 2.45) is 0 Å². The van der Waals surface area contributed by atoms with E-state index in [4.69, 9.17) is 14.1 Å². The third-order valence-electron chi connectivity index (χ3n) is 2.47. The predicted molar refractivity (Wildman–Crippen MR) is 67.8 cm³/mol. The molecule has 1 aromatic carbocycles. The van der Waals surface area contributed by atoms with Gasteiger partial charge in [0.1, 0.15) is 0 Å². The van der Waals surface area contributed by atoms with Crippen molar-refractivity contribution in [3.8, 4) is 5.75 Å². The zero-order valence-electron chi connectivity index (χ0n) is 12.2. The highest BCUT2D eigenvalue weighted by Crippen LogP contribution is 2.29. The highest BCUT2D eigenvalue weighted by atomic mass is 19.2. The minimum Gasteiger partial charge on any atom is -0.507 e. The second kappa shape index (κ2) is 9.01. The first kappa shape index (κ1) is 19.6. The molecule has 1 aromatic rings. The molecule has 130 valence electrons. The average Bonchev–Trinajstić information content (AvgIpc) is 2.53. The average molecular weight is 344 g/mol. The van der Waals surface area contributed by atoms with Crippen LogP contribution in [0.15, 0.2) is 0 Å². The summed E-state index contributed by atoms with van der Waals surface area (Å²) in [6.45, 7) is 3.56. The van der Waals surface area contributed by atoms with Crippen LogP contribution in [0.1, 0.15) is 13.8 Å². The number of benzene rings is 1. The molecule has 0 spiro atoms. The summed E-state index contributed by atoms with van der Waals surface area (Å²) in [4.78, 5) is 0. The van der Waals surface area contributed by atoms with Crippen LogP contribution in [0.3, 0.4) is 0 Å². The minimum atomic E-state index is -2.35. The van der Waals surface area contributed by atoms with Gasteiger partial charge in [0.05, 0.1) is 6.61 Å². The monoisotopic (exact) mass is 344 g/mol. The highest BCUT2D eigenvalue weighted by molar-refractivity contribution is 6.35. The Hall–Kier alpha value is -1.43. The lowest BCUT2D eigenvalue weighted by molar-refractivity contribution is -0.132. The maximum absolute atomic E-state index is 13.4. The van der Waals surface area contributed by atoms with Gasteiger partial charge in [-0.1, -0.05) is 0 Å². The first-order valence-electron chi connectivity index (χ1n) is 6.54. The molecule has 0 amide bonds. The van der Waals surface area contributed by atoms with Gasteiger partial charge in [-0.3, -0.25) is 0 Å². The molecule has 1 rings (SSSR count). The van der Waals surface area contributed by atoms with Gasteiger partial charge < -0.3 is 23.8 Å². The van der Waals surface area contributed by atoms with Gasteiger partial charge in [-0.25, -0.2) is 13.2 Å². The number of ether oxygens (including phenoxy) is 2. The van der Waals surface area contributed by atoms with E-state index in [1.54, 1.807) is 13.8 Å². The maximum atomic E-state index is 13.4. The van der Waals surface area contributed by atoms with Crippen molar-refractivity contribution in [2.75, 3.05) is 19.8 Å². The summed E-state index contributed by atoms with van der Waals surface area (Å²) < 4.78 is 84.6. The molecule has 0 bridgehead atoms. The molecular formula is C12H14BF5O5. The summed E-state index contributed by atoms with van der Waals surface area (Å²) in [6, 6.07) is 0. The number of rotatable bonds is 9. The molecule has 23 heavy (non-hydrogen) atoms. The second-order valence-corrected chi connectivity index (χ2v) is 4.00. The van der Waals surface area contributed by atoms with Gasteiger partial charge in [-0.05, 0) is 13.8 Å². The van der Waals surface area contributed by atoms with Crippen LogP contribution in [-0.4, -0.2) is 38.5 Å². The van der Waals surface area contributed by atoms with Crippen molar-refractivity contribution in [3.05, 3.63) is 29.1 Å². The van der Waals surface area contributed by atoms with E-state index in [2.05, 4.69) is 4.65 Å². The van der Waals surface area contributed by atoms with Crippen molar-refractivity contribution in [1.29, 1.82) is 0 Å². The third kappa shape index (κ3) is 5.03. The largest absolute Gasteiger partial charge is 0.712 e. The van der Waals surface area contributed by atoms with E-state index in [9.17, 15) is 27.0 Å². The zero-order chi connectivity index (χ0) is 17.6. The van der Waals surface area contributed by atoms with Crippen LogP contribution in [0.2, 0.25) is 0 Å². The molecule has 5 nitrogen and oxygen atoms in total. The van der Waals surface area contributed by atoms with Crippen LogP contribution in [0, 0.1) is 29.1 Å². The Balaban J connectivity index is 2.86. The lowest BCUT2D eigenvalue weighted by Gasteiger charge is -2.19. The molecule has 0 radical (unpaired) electrons. The smallest absolute Gasteiger partial charge is 0.507 e. The Kier molecular flexibility index (Phi) is 7.69. The summed E-state index contributed by atoms with van der Waals surface area (Å²) in [7, 11) is -2.35. The fourth-order valence-corrected chi connectivity index (χ4v) is 1.47. The predicted octanol–water partition coefficient (Wildman–Crippen LogP) is 2.15. The minimum absolute atomic E-state index is 0.146. The first-order chi connectivity index (χ1) is 10.8. The van der Waals surface area contributed by atoms with Gasteiger partial charge in [0.2, 0.25) is 29.1 Å². The lowest BCUT2D eigenvalue weighted by atomic mass is 10.2. The maximum Gasteiger partial charge on any atom is 0.712 e. The Morgan fingerprint density at radius 2 is 1.43 bits per heavy atom. The van der Waals surface area contributed by atoms with Crippen LogP contribution < -0.4 is 4.65 Å². The van der Waals surface area contributed by atoms with Crippen molar-refractivity contribution in [1.82, 2.24) is 0 Å². The number of hydrogen-bond acceptors (Lipinski definition) is 5. The fourth-order valence-electron chi connectivity index (χ4n) is 1.47. The molecule has 0 fully saturated rings. The lowest BCUT2D eigenvalue weighted by Crippen LogP contribution is -2.36. The van der Waals surface area contributed by atoms with E-state index < -0.39 is 48.4 Å². The van der Waals surface area contributed by atoms with Crippen LogP contribution in [-0.2, 0) is 14.1 Å². The first-order valence-corrected chi connectivity index (χ1v) is 6.54. The summed E-state index contributed by atoms with van der Waals surface area (Å²) in [5, 5.41) is 9.45. The molecule has 0 heterocycles. The second-order valence-electron chi connectivity index (χ2n) is 4.00. The topological polar surface area (TPSA) is 57.2 Å². The van der Waals surface area contributed by atoms with E-state index in [1.807, 2.05) is 0 Å². The van der Waals surface area contributed by atoms with Gasteiger partial charge in [-0.15, -0.1) is 0 Å². The summed E-state index contributed by atoms with van der Waals surface area (Å²) in [5.41, 5.74) is 0. The summed E-state index contributed by atoms with van der Waals surface area (Å²) in [6.07, 6.45) is -1.17. The number of halogens is 5. The molecule has 0 aliphatic rings. The van der Waals surface area contributed by atoms with Gasteiger partial charge >= 0.3 is 7.32 Å². The van der Waals surface area contributed by atoms with E-state index in [0.29, 0.717) is 6.61 Å². The fraction of sp³-hybridized carbons (Fsp3) is 0.500. The van der Waals surface area contributed by atoms with Gasteiger partial charge in [0, 0.05) is 13.2 Å². The van der Waals surface area contributed by atoms with Gasteiger partial charge in [0.15, 0.2) is 12.0 Å². The summed E-state index contributed by atoms with van der Waals surface area (Å²) >= 11 is 0. The Bertz CT molecular complexity index is 504. The molecule has 11 heteroatoms. The van der Waals surface area contributed by atoms with E-state index in [1.165, 1.54) is 0 Å². The molecule has 0 aromatic heterocycles. The Labute approximate surface area is 129 Å². The Morgan fingerprint density at radius 3 is 1.91 bits per heavy atom. The Morgan fingerprint density at radius 1 is 0.913 bits per heavy atom. The molecule has 0 saturated heterocycles. The standard InChI is InChI=1S/C12H14BF5O5/c1-3-20-5-6(21-4-2)22-13(19)23-12-10(17)8(15)7(14)9(16)11(12)18/h6,19H,3-5H2,1-2H3. The molecule has 1 N–H and O–H groups in total. The van der Waals surface area contributed by atoms with E-state index in [-0.39, 0.29) is 13.2 Å². The molecule has 0 aliphatic heterocycles. The molecule has 1 atom stereocenters. The van der Waals surface area contributed by atoms with E-state index >= 15 is 0 Å². The normalized spacial score (nSPS) is 12.3. The van der Waals surface area contributed by atoms with E-state index in [0.717, 1.165) is 0 Å². The van der Waals surface area contributed by atoms with Crippen LogP contribution >= 0.6 is 0 Å². The van der Waals surface area contributed by atoms with Crippen molar-refractivity contribution >= 4 is 7.32 Å². The van der Waals surface area contributed by atoms with Gasteiger partial charge in [0.25, 0.3) is 0 Å². The van der Waals surface area contributed by atoms with Crippen molar-refractivity contribution in [3.63, 3.8) is 0 Å². The van der Waals surface area contributed by atoms with Crippen molar-refractivity contribution in [2.45, 2.75) is 20.1 Å². The number of hydrogen-bond donors (Lipinski definition) is 1. The third-order valence-corrected chi connectivity index (χ3v) is 2.47. The summed E-state index contributed by atoms with van der Waals surface area (Å²) in [5.74, 6) is -12.9. The van der Waals surface area contributed by atoms with Crippen LogP contribution in [0.25, 0.3) is 0 Å². The molecular weight excluding hydrogens is 330 g/mol.